The standard InChI is InChI=1S/C21H15ClN2O3S/c1-26-17-8-4-6-14-11-18(27-20(14)17)16-12-28-21(23-16)24-19(25)10-9-13-5-2-3-7-15(13)22/h2-12H,1H3,(H,23,24,25). The molecule has 0 fully saturated rings. The molecule has 4 aromatic rings. The van der Waals surface area contributed by atoms with E-state index in [0.29, 0.717) is 32.9 Å². The lowest BCUT2D eigenvalue weighted by molar-refractivity contribution is -0.111. The molecule has 2 heterocycles. The van der Waals surface area contributed by atoms with Crippen LogP contribution >= 0.6 is 22.9 Å². The fourth-order valence-electron chi connectivity index (χ4n) is 2.69. The fraction of sp³-hybridized carbons (Fsp3) is 0.0476. The first-order valence-corrected chi connectivity index (χ1v) is 9.66. The zero-order chi connectivity index (χ0) is 19.5. The molecule has 5 nitrogen and oxygen atoms in total. The second kappa shape index (κ2) is 7.88. The van der Waals surface area contributed by atoms with Crippen LogP contribution in [0.4, 0.5) is 5.13 Å². The normalized spacial score (nSPS) is 11.2. The molecule has 2 aromatic carbocycles. The molecule has 1 amide bonds. The molecule has 0 aliphatic carbocycles. The molecule has 0 saturated heterocycles. The zero-order valence-corrected chi connectivity index (χ0v) is 16.4. The third kappa shape index (κ3) is 3.78. The lowest BCUT2D eigenvalue weighted by Crippen LogP contribution is -2.07. The average molecular weight is 411 g/mol. The quantitative estimate of drug-likeness (QED) is 0.418. The number of para-hydroxylation sites is 1. The number of benzene rings is 2. The summed E-state index contributed by atoms with van der Waals surface area (Å²) in [5.41, 5.74) is 2.09. The van der Waals surface area contributed by atoms with Crippen LogP contribution in [-0.2, 0) is 4.79 Å². The predicted molar refractivity (Wildman–Crippen MR) is 113 cm³/mol. The maximum atomic E-state index is 12.2. The van der Waals surface area contributed by atoms with Crippen LogP contribution in [0.5, 0.6) is 5.75 Å². The van der Waals surface area contributed by atoms with Crippen LogP contribution in [0, 0.1) is 0 Å². The molecule has 140 valence electrons. The summed E-state index contributed by atoms with van der Waals surface area (Å²) in [4.78, 5) is 16.6. The minimum Gasteiger partial charge on any atom is -0.493 e. The van der Waals surface area contributed by atoms with Crippen molar-refractivity contribution in [2.24, 2.45) is 0 Å². The molecule has 0 unspecified atom stereocenters. The van der Waals surface area contributed by atoms with Crippen LogP contribution in [0.1, 0.15) is 5.56 Å². The van der Waals surface area contributed by atoms with Gasteiger partial charge in [-0.3, -0.25) is 10.1 Å². The van der Waals surface area contributed by atoms with E-state index in [2.05, 4.69) is 10.3 Å². The van der Waals surface area contributed by atoms with Crippen molar-refractivity contribution in [1.29, 1.82) is 0 Å². The van der Waals surface area contributed by atoms with Gasteiger partial charge in [-0.2, -0.15) is 0 Å². The zero-order valence-electron chi connectivity index (χ0n) is 14.8. The minimum absolute atomic E-state index is 0.285. The fourth-order valence-corrected chi connectivity index (χ4v) is 3.59. The highest BCUT2D eigenvalue weighted by molar-refractivity contribution is 7.14. The summed E-state index contributed by atoms with van der Waals surface area (Å²) in [6.45, 7) is 0. The molecule has 0 radical (unpaired) electrons. The SMILES string of the molecule is COc1cccc2cc(-c3csc(NC(=O)C=Cc4ccccc4Cl)n3)oc12. The van der Waals surface area contributed by atoms with E-state index in [0.717, 1.165) is 10.9 Å². The van der Waals surface area contributed by atoms with E-state index in [-0.39, 0.29) is 5.91 Å². The highest BCUT2D eigenvalue weighted by atomic mass is 35.5. The number of methoxy groups -OCH3 is 1. The number of anilines is 1. The van der Waals surface area contributed by atoms with Crippen LogP contribution in [0.15, 0.2) is 64.4 Å². The van der Waals surface area contributed by atoms with E-state index in [9.17, 15) is 4.79 Å². The number of rotatable bonds is 5. The van der Waals surface area contributed by atoms with Crippen LogP contribution < -0.4 is 10.1 Å². The summed E-state index contributed by atoms with van der Waals surface area (Å²) in [7, 11) is 1.60. The van der Waals surface area contributed by atoms with Gasteiger partial charge >= 0.3 is 0 Å². The minimum atomic E-state index is -0.285. The number of carbonyl (C=O) groups excluding carboxylic acids is 1. The van der Waals surface area contributed by atoms with Gasteiger partial charge < -0.3 is 9.15 Å². The maximum Gasteiger partial charge on any atom is 0.250 e. The van der Waals surface area contributed by atoms with Crippen LogP contribution in [0.25, 0.3) is 28.5 Å². The molecular formula is C21H15ClN2O3S. The van der Waals surface area contributed by atoms with Gasteiger partial charge in [-0.1, -0.05) is 41.9 Å². The first kappa shape index (κ1) is 18.3. The third-order valence-corrected chi connectivity index (χ3v) is 5.14. The number of nitrogens with one attached hydrogen (secondary N) is 1. The molecule has 0 aliphatic rings. The molecule has 0 bridgehead atoms. The van der Waals surface area contributed by atoms with E-state index in [1.54, 1.807) is 19.3 Å². The van der Waals surface area contributed by atoms with Gasteiger partial charge in [0.15, 0.2) is 22.2 Å². The Labute approximate surface area is 170 Å². The number of amides is 1. The average Bonchev–Trinajstić information content (AvgIpc) is 3.33. The smallest absolute Gasteiger partial charge is 0.250 e. The van der Waals surface area contributed by atoms with Crippen LogP contribution in [0.3, 0.4) is 0 Å². The number of thiazole rings is 1. The second-order valence-electron chi connectivity index (χ2n) is 5.87. The highest BCUT2D eigenvalue weighted by Crippen LogP contribution is 2.34. The summed E-state index contributed by atoms with van der Waals surface area (Å²) in [6.07, 6.45) is 3.09. The molecule has 0 saturated carbocycles. The highest BCUT2D eigenvalue weighted by Gasteiger charge is 2.13. The summed E-state index contributed by atoms with van der Waals surface area (Å²) < 4.78 is 11.2. The largest absolute Gasteiger partial charge is 0.493 e. The van der Waals surface area contributed by atoms with E-state index in [1.807, 2.05) is 47.8 Å². The Kier molecular flexibility index (Phi) is 5.14. The number of hydrogen-bond donors (Lipinski definition) is 1. The predicted octanol–water partition coefficient (Wildman–Crippen LogP) is 5.87. The number of ether oxygens (including phenoxy) is 1. The van der Waals surface area contributed by atoms with Gasteiger partial charge in [0.1, 0.15) is 5.69 Å². The monoisotopic (exact) mass is 410 g/mol. The van der Waals surface area contributed by atoms with Gasteiger partial charge in [0.2, 0.25) is 5.91 Å². The van der Waals surface area contributed by atoms with E-state index in [1.165, 1.54) is 17.4 Å². The van der Waals surface area contributed by atoms with Crippen molar-refractivity contribution in [3.8, 4) is 17.2 Å². The molecule has 4 rings (SSSR count). The number of aromatic nitrogens is 1. The Balaban J connectivity index is 1.50. The van der Waals surface area contributed by atoms with Crippen molar-refractivity contribution in [2.45, 2.75) is 0 Å². The van der Waals surface area contributed by atoms with Crippen molar-refractivity contribution in [1.82, 2.24) is 4.98 Å². The summed E-state index contributed by atoms with van der Waals surface area (Å²) in [5.74, 6) is 0.993. The van der Waals surface area contributed by atoms with E-state index in [4.69, 9.17) is 20.8 Å². The van der Waals surface area contributed by atoms with Crippen molar-refractivity contribution in [3.63, 3.8) is 0 Å². The first-order valence-electron chi connectivity index (χ1n) is 8.40. The number of carbonyl (C=O) groups is 1. The number of halogens is 1. The van der Waals surface area contributed by atoms with E-state index < -0.39 is 0 Å². The molecule has 7 heteroatoms. The Morgan fingerprint density at radius 2 is 2.11 bits per heavy atom. The van der Waals surface area contributed by atoms with Crippen molar-refractivity contribution in [3.05, 3.63) is 70.6 Å². The van der Waals surface area contributed by atoms with Gasteiger partial charge in [-0.05, 0) is 29.8 Å². The summed E-state index contributed by atoms with van der Waals surface area (Å²) in [6, 6.07) is 14.9. The second-order valence-corrected chi connectivity index (χ2v) is 7.14. The molecule has 2 aromatic heterocycles. The summed E-state index contributed by atoms with van der Waals surface area (Å²) in [5, 5.41) is 6.58. The van der Waals surface area contributed by atoms with Gasteiger partial charge in [0.05, 0.1) is 7.11 Å². The number of fused-ring (bicyclic) bond motifs is 1. The number of furan rings is 1. The topological polar surface area (TPSA) is 64.4 Å². The molecule has 0 spiro atoms. The van der Waals surface area contributed by atoms with Gasteiger partial charge in [-0.25, -0.2) is 4.98 Å². The first-order chi connectivity index (χ1) is 13.6. The van der Waals surface area contributed by atoms with Crippen molar-refractivity contribution < 1.29 is 13.9 Å². The van der Waals surface area contributed by atoms with Crippen molar-refractivity contribution in [2.75, 3.05) is 12.4 Å². The Morgan fingerprint density at radius 3 is 2.93 bits per heavy atom. The van der Waals surface area contributed by atoms with Crippen LogP contribution in [0.2, 0.25) is 5.02 Å². The Morgan fingerprint density at radius 1 is 1.25 bits per heavy atom. The molecule has 28 heavy (non-hydrogen) atoms. The lowest BCUT2D eigenvalue weighted by Gasteiger charge is -1.98. The lowest BCUT2D eigenvalue weighted by atomic mass is 10.2. The van der Waals surface area contributed by atoms with Gasteiger partial charge in [-0.15, -0.1) is 11.3 Å². The number of nitrogens with zero attached hydrogens (tertiary/aromatic N) is 1. The molecule has 0 aliphatic heterocycles. The van der Waals surface area contributed by atoms with Crippen LogP contribution in [-0.4, -0.2) is 18.0 Å². The molecular weight excluding hydrogens is 396 g/mol. The van der Waals surface area contributed by atoms with Crippen molar-refractivity contribution >= 4 is 51.0 Å². The van der Waals surface area contributed by atoms with Gasteiger partial charge in [0, 0.05) is 21.9 Å². The van der Waals surface area contributed by atoms with Gasteiger partial charge in [0.25, 0.3) is 0 Å². The Hall–Kier alpha value is -3.09. The molecule has 1 N–H and O–H groups in total. The maximum absolute atomic E-state index is 12.2. The summed E-state index contributed by atoms with van der Waals surface area (Å²) >= 11 is 7.40. The third-order valence-electron chi connectivity index (χ3n) is 4.03. The van der Waals surface area contributed by atoms with E-state index >= 15 is 0 Å². The number of hydrogen-bond acceptors (Lipinski definition) is 5. The molecule has 0 atom stereocenters. The Bertz CT molecular complexity index is 1180.